The number of rotatable bonds is 4. The molecule has 2 fully saturated rings. The lowest BCUT2D eigenvalue weighted by Crippen LogP contribution is -2.41. The number of anilines is 1. The second-order valence-electron chi connectivity index (χ2n) is 7.50. The van der Waals surface area contributed by atoms with Crippen molar-refractivity contribution in [3.05, 3.63) is 6.20 Å². The molecule has 2 saturated heterocycles. The van der Waals surface area contributed by atoms with Crippen LogP contribution in [0.15, 0.2) is 6.20 Å². The number of aromatic nitrogens is 2. The average Bonchev–Trinajstić information content (AvgIpc) is 2.76. The van der Waals surface area contributed by atoms with Gasteiger partial charge in [-0.3, -0.25) is 0 Å². The van der Waals surface area contributed by atoms with Gasteiger partial charge in [-0.05, 0) is 53.9 Å². The Hall–Kier alpha value is -1.34. The summed E-state index contributed by atoms with van der Waals surface area (Å²) in [7, 11) is -0.507. The van der Waals surface area contributed by atoms with Gasteiger partial charge >= 0.3 is 7.12 Å². The van der Waals surface area contributed by atoms with Crippen LogP contribution < -0.4 is 15.1 Å². The molecule has 3 rings (SSSR count). The Bertz CT molecular complexity index is 572. The molecule has 0 saturated carbocycles. The Kier molecular flexibility index (Phi) is 4.75. The van der Waals surface area contributed by atoms with Gasteiger partial charge in [-0.15, -0.1) is 0 Å². The fraction of sp³-hybridized carbons (Fsp3) is 0.765. The third-order valence-corrected chi connectivity index (χ3v) is 5.19. The lowest BCUT2D eigenvalue weighted by atomic mass is 9.80. The van der Waals surface area contributed by atoms with E-state index in [2.05, 4.69) is 14.9 Å². The van der Waals surface area contributed by atoms with Crippen LogP contribution in [0, 0.1) is 0 Å². The molecule has 0 atom stereocenters. The monoisotopic (exact) mass is 333 g/mol. The summed E-state index contributed by atoms with van der Waals surface area (Å²) in [6, 6.07) is 0. The summed E-state index contributed by atoms with van der Waals surface area (Å²) in [5, 5.41) is 0. The SMILES string of the molecule is CCOc1nc(N2CCCCC2)ncc1B1OC(C)(C)C(C)(C)O1. The van der Waals surface area contributed by atoms with Crippen LogP contribution in [-0.4, -0.2) is 48.0 Å². The molecular weight excluding hydrogens is 305 g/mol. The minimum Gasteiger partial charge on any atom is -0.478 e. The molecule has 0 N–H and O–H groups in total. The van der Waals surface area contributed by atoms with E-state index in [9.17, 15) is 0 Å². The predicted molar refractivity (Wildman–Crippen MR) is 95.0 cm³/mol. The smallest absolute Gasteiger partial charge is 0.478 e. The van der Waals surface area contributed by atoms with Crippen LogP contribution in [0.4, 0.5) is 5.95 Å². The standard InChI is InChI=1S/C17H28BN3O3/c1-6-22-14-13(18-23-16(2,3)17(4,5)24-18)12-19-15(20-14)21-10-8-7-9-11-21/h12H,6-11H2,1-5H3. The Labute approximate surface area is 145 Å². The molecule has 1 aromatic heterocycles. The van der Waals surface area contributed by atoms with Crippen molar-refractivity contribution in [1.82, 2.24) is 9.97 Å². The zero-order valence-corrected chi connectivity index (χ0v) is 15.5. The van der Waals surface area contributed by atoms with Crippen molar-refractivity contribution < 1.29 is 14.0 Å². The fourth-order valence-electron chi connectivity index (χ4n) is 3.00. The lowest BCUT2D eigenvalue weighted by molar-refractivity contribution is 0.00578. The van der Waals surface area contributed by atoms with E-state index in [0.717, 1.165) is 24.5 Å². The van der Waals surface area contributed by atoms with Gasteiger partial charge in [0.15, 0.2) is 0 Å². The van der Waals surface area contributed by atoms with Crippen LogP contribution in [0.25, 0.3) is 0 Å². The highest BCUT2D eigenvalue weighted by Crippen LogP contribution is 2.37. The second kappa shape index (κ2) is 6.52. The van der Waals surface area contributed by atoms with Gasteiger partial charge in [0.25, 0.3) is 0 Å². The first kappa shape index (κ1) is 17.5. The normalized spacial score (nSPS) is 22.7. The molecular formula is C17H28BN3O3. The number of piperidine rings is 1. The molecule has 0 bridgehead atoms. The first-order chi connectivity index (χ1) is 11.3. The van der Waals surface area contributed by atoms with E-state index in [0.29, 0.717) is 12.5 Å². The van der Waals surface area contributed by atoms with E-state index >= 15 is 0 Å². The predicted octanol–water partition coefficient (Wildman–Crippen LogP) is 2.16. The Morgan fingerprint density at radius 1 is 1.12 bits per heavy atom. The van der Waals surface area contributed by atoms with E-state index in [4.69, 9.17) is 14.0 Å². The minimum absolute atomic E-state index is 0.396. The van der Waals surface area contributed by atoms with E-state index in [1.165, 1.54) is 19.3 Å². The molecule has 0 radical (unpaired) electrons. The van der Waals surface area contributed by atoms with Crippen molar-refractivity contribution >= 4 is 18.5 Å². The van der Waals surface area contributed by atoms with E-state index in [-0.39, 0.29) is 0 Å². The third-order valence-electron chi connectivity index (χ3n) is 5.19. The van der Waals surface area contributed by atoms with Crippen LogP contribution >= 0.6 is 0 Å². The second-order valence-corrected chi connectivity index (χ2v) is 7.50. The van der Waals surface area contributed by atoms with Crippen molar-refractivity contribution in [2.45, 2.75) is 65.1 Å². The fourth-order valence-corrected chi connectivity index (χ4v) is 3.00. The van der Waals surface area contributed by atoms with Crippen LogP contribution in [-0.2, 0) is 9.31 Å². The van der Waals surface area contributed by atoms with Gasteiger partial charge in [0.2, 0.25) is 11.8 Å². The zero-order chi connectivity index (χ0) is 17.4. The molecule has 2 aliphatic rings. The number of ether oxygens (including phenoxy) is 1. The van der Waals surface area contributed by atoms with Gasteiger partial charge in [-0.1, -0.05) is 0 Å². The summed E-state index contributed by atoms with van der Waals surface area (Å²) in [5.74, 6) is 1.30. The highest BCUT2D eigenvalue weighted by molar-refractivity contribution is 6.63. The molecule has 0 aliphatic carbocycles. The molecule has 3 heterocycles. The molecule has 24 heavy (non-hydrogen) atoms. The largest absolute Gasteiger partial charge is 0.502 e. The first-order valence-corrected chi connectivity index (χ1v) is 8.94. The van der Waals surface area contributed by atoms with Gasteiger partial charge < -0.3 is 18.9 Å². The van der Waals surface area contributed by atoms with Gasteiger partial charge in [0.1, 0.15) is 0 Å². The molecule has 0 unspecified atom stereocenters. The maximum Gasteiger partial charge on any atom is 0.502 e. The first-order valence-electron chi connectivity index (χ1n) is 8.94. The maximum absolute atomic E-state index is 6.13. The number of hydrogen-bond acceptors (Lipinski definition) is 6. The highest BCUT2D eigenvalue weighted by atomic mass is 16.7. The van der Waals surface area contributed by atoms with E-state index in [1.54, 1.807) is 6.20 Å². The van der Waals surface area contributed by atoms with E-state index in [1.807, 2.05) is 34.6 Å². The van der Waals surface area contributed by atoms with Crippen LogP contribution in [0.5, 0.6) is 5.88 Å². The van der Waals surface area contributed by atoms with Crippen molar-refractivity contribution in [3.8, 4) is 5.88 Å². The average molecular weight is 333 g/mol. The Balaban J connectivity index is 1.88. The molecule has 0 aromatic carbocycles. The highest BCUT2D eigenvalue weighted by Gasteiger charge is 2.53. The third kappa shape index (κ3) is 3.24. The van der Waals surface area contributed by atoms with Crippen molar-refractivity contribution in [1.29, 1.82) is 0 Å². The summed E-state index contributed by atoms with van der Waals surface area (Å²) in [4.78, 5) is 11.4. The summed E-state index contributed by atoms with van der Waals surface area (Å²) in [6.45, 7) is 12.7. The maximum atomic E-state index is 6.13. The molecule has 0 amide bonds. The van der Waals surface area contributed by atoms with Crippen LogP contribution in [0.3, 0.4) is 0 Å². The van der Waals surface area contributed by atoms with Gasteiger partial charge in [0, 0.05) is 19.3 Å². The summed E-state index contributed by atoms with van der Waals surface area (Å²) >= 11 is 0. The summed E-state index contributed by atoms with van der Waals surface area (Å²) < 4.78 is 18.0. The van der Waals surface area contributed by atoms with Gasteiger partial charge in [-0.25, -0.2) is 4.98 Å². The Morgan fingerprint density at radius 2 is 1.75 bits per heavy atom. The van der Waals surface area contributed by atoms with Crippen LogP contribution in [0.2, 0.25) is 0 Å². The number of hydrogen-bond donors (Lipinski definition) is 0. The lowest BCUT2D eigenvalue weighted by Gasteiger charge is -2.32. The summed E-state index contributed by atoms with van der Waals surface area (Å²) in [6.07, 6.45) is 5.45. The molecule has 1 aromatic rings. The minimum atomic E-state index is -0.507. The van der Waals surface area contributed by atoms with Crippen molar-refractivity contribution in [2.24, 2.45) is 0 Å². The quantitative estimate of drug-likeness (QED) is 0.787. The molecule has 7 heteroatoms. The van der Waals surface area contributed by atoms with E-state index < -0.39 is 18.3 Å². The van der Waals surface area contributed by atoms with Gasteiger partial charge in [0.05, 0.1) is 23.3 Å². The van der Waals surface area contributed by atoms with Crippen molar-refractivity contribution in [2.75, 3.05) is 24.6 Å². The van der Waals surface area contributed by atoms with Gasteiger partial charge in [-0.2, -0.15) is 4.98 Å². The van der Waals surface area contributed by atoms with Crippen molar-refractivity contribution in [3.63, 3.8) is 0 Å². The zero-order valence-electron chi connectivity index (χ0n) is 15.5. The summed E-state index contributed by atoms with van der Waals surface area (Å²) in [5.41, 5.74) is -0.0319. The number of nitrogens with zero attached hydrogens (tertiary/aromatic N) is 3. The molecule has 0 spiro atoms. The molecule has 2 aliphatic heterocycles. The molecule has 6 nitrogen and oxygen atoms in total. The molecule has 132 valence electrons. The van der Waals surface area contributed by atoms with Crippen LogP contribution in [0.1, 0.15) is 53.9 Å². The topological polar surface area (TPSA) is 56.7 Å². The Morgan fingerprint density at radius 3 is 2.33 bits per heavy atom.